The molecule has 0 aliphatic heterocycles. The highest BCUT2D eigenvalue weighted by atomic mass is 35.5. The molecule has 0 bridgehead atoms. The summed E-state index contributed by atoms with van der Waals surface area (Å²) < 4.78 is 26.0. The molecule has 1 aromatic carbocycles. The quantitative estimate of drug-likeness (QED) is 0.835. The van der Waals surface area contributed by atoms with Gasteiger partial charge in [0.2, 0.25) is 5.92 Å². The Hall–Kier alpha value is -0.540. The number of halogens is 4. The van der Waals surface area contributed by atoms with Gasteiger partial charge in [-0.1, -0.05) is 23.2 Å². The summed E-state index contributed by atoms with van der Waals surface area (Å²) in [5.41, 5.74) is 0.742. The molecular formula is C12H13Cl2F2N. The molecule has 1 saturated carbocycles. The van der Waals surface area contributed by atoms with Gasteiger partial charge in [-0.15, -0.1) is 0 Å². The van der Waals surface area contributed by atoms with E-state index >= 15 is 0 Å². The molecular weight excluding hydrogens is 267 g/mol. The first kappa shape index (κ1) is 12.9. The highest BCUT2D eigenvalue weighted by molar-refractivity contribution is 6.36. The van der Waals surface area contributed by atoms with Crippen molar-refractivity contribution >= 4 is 28.9 Å². The molecule has 2 rings (SSSR count). The van der Waals surface area contributed by atoms with Crippen molar-refractivity contribution in [2.75, 3.05) is 11.9 Å². The number of anilines is 1. The van der Waals surface area contributed by atoms with E-state index in [0.29, 0.717) is 23.0 Å². The summed E-state index contributed by atoms with van der Waals surface area (Å²) >= 11 is 11.7. The highest BCUT2D eigenvalue weighted by Crippen LogP contribution is 2.39. The fraction of sp³-hybridized carbons (Fsp3) is 0.500. The Morgan fingerprint density at radius 1 is 1.35 bits per heavy atom. The summed E-state index contributed by atoms with van der Waals surface area (Å²) in [5.74, 6) is -2.48. The zero-order chi connectivity index (χ0) is 12.5. The van der Waals surface area contributed by atoms with Crippen LogP contribution in [0.5, 0.6) is 0 Å². The maximum absolute atomic E-state index is 13.0. The zero-order valence-electron chi connectivity index (χ0n) is 9.15. The predicted octanol–water partition coefficient (Wildman–Crippen LogP) is 4.84. The van der Waals surface area contributed by atoms with Crippen LogP contribution in [0.3, 0.4) is 0 Å². The molecule has 1 nitrogen and oxygen atoms in total. The van der Waals surface area contributed by atoms with Crippen LogP contribution in [0, 0.1) is 5.92 Å². The monoisotopic (exact) mass is 279 g/mol. The summed E-state index contributed by atoms with van der Waals surface area (Å²) in [6, 6.07) is 5.12. The van der Waals surface area contributed by atoms with Gasteiger partial charge in [-0.25, -0.2) is 8.78 Å². The highest BCUT2D eigenvalue weighted by Gasteiger charge is 2.39. The number of benzene rings is 1. The minimum atomic E-state index is -2.49. The summed E-state index contributed by atoms with van der Waals surface area (Å²) in [6.07, 6.45) is 0.518. The van der Waals surface area contributed by atoms with E-state index in [4.69, 9.17) is 23.2 Å². The number of rotatable bonds is 3. The Morgan fingerprint density at radius 3 is 2.71 bits per heavy atom. The SMILES string of the molecule is FC1(F)CCC(CNc2ccc(Cl)cc2Cl)C1. The van der Waals surface area contributed by atoms with Crippen LogP contribution in [0.2, 0.25) is 10.0 Å². The summed E-state index contributed by atoms with van der Waals surface area (Å²) in [4.78, 5) is 0. The lowest BCUT2D eigenvalue weighted by atomic mass is 10.1. The Balaban J connectivity index is 1.90. The van der Waals surface area contributed by atoms with Gasteiger partial charge in [-0.2, -0.15) is 0 Å². The molecule has 1 fully saturated rings. The second-order valence-corrected chi connectivity index (χ2v) is 5.31. The molecule has 1 atom stereocenters. The van der Waals surface area contributed by atoms with Gasteiger partial charge in [0.15, 0.2) is 0 Å². The van der Waals surface area contributed by atoms with E-state index in [9.17, 15) is 8.78 Å². The number of nitrogens with one attached hydrogen (secondary N) is 1. The Bertz CT molecular complexity index is 409. The van der Waals surface area contributed by atoms with E-state index < -0.39 is 5.92 Å². The lowest BCUT2D eigenvalue weighted by Crippen LogP contribution is -2.15. The molecule has 1 unspecified atom stereocenters. The Labute approximate surface area is 109 Å². The van der Waals surface area contributed by atoms with Gasteiger partial charge in [0, 0.05) is 24.4 Å². The van der Waals surface area contributed by atoms with Gasteiger partial charge < -0.3 is 5.32 Å². The van der Waals surface area contributed by atoms with E-state index in [0.717, 1.165) is 5.69 Å². The molecule has 1 aromatic rings. The first-order chi connectivity index (χ1) is 7.96. The van der Waals surface area contributed by atoms with Crippen molar-refractivity contribution in [1.29, 1.82) is 0 Å². The van der Waals surface area contributed by atoms with Crippen LogP contribution in [0.1, 0.15) is 19.3 Å². The van der Waals surface area contributed by atoms with Crippen molar-refractivity contribution in [3.63, 3.8) is 0 Å². The normalized spacial score (nSPS) is 22.7. The minimum Gasteiger partial charge on any atom is -0.384 e. The number of hydrogen-bond donors (Lipinski definition) is 1. The molecule has 0 amide bonds. The number of alkyl halides is 2. The van der Waals surface area contributed by atoms with Crippen LogP contribution in [0.4, 0.5) is 14.5 Å². The van der Waals surface area contributed by atoms with Crippen LogP contribution in [0.25, 0.3) is 0 Å². The first-order valence-electron chi connectivity index (χ1n) is 5.53. The zero-order valence-corrected chi connectivity index (χ0v) is 10.7. The fourth-order valence-electron chi connectivity index (χ4n) is 2.10. The summed E-state index contributed by atoms with van der Waals surface area (Å²) in [5, 5.41) is 4.17. The lowest BCUT2D eigenvalue weighted by molar-refractivity contribution is 0.00556. The lowest BCUT2D eigenvalue weighted by Gasteiger charge is -2.13. The van der Waals surface area contributed by atoms with Crippen molar-refractivity contribution in [2.45, 2.75) is 25.2 Å². The predicted molar refractivity (Wildman–Crippen MR) is 67.2 cm³/mol. The molecule has 17 heavy (non-hydrogen) atoms. The van der Waals surface area contributed by atoms with Gasteiger partial charge in [0.25, 0.3) is 0 Å². The van der Waals surface area contributed by atoms with Crippen LogP contribution < -0.4 is 5.32 Å². The third-order valence-electron chi connectivity index (χ3n) is 3.02. The van der Waals surface area contributed by atoms with Crippen molar-refractivity contribution < 1.29 is 8.78 Å². The molecule has 1 aliphatic rings. The molecule has 0 radical (unpaired) electrons. The van der Waals surface area contributed by atoms with Crippen molar-refractivity contribution in [2.24, 2.45) is 5.92 Å². The second kappa shape index (κ2) is 4.99. The first-order valence-corrected chi connectivity index (χ1v) is 6.29. The minimum absolute atomic E-state index is 0.00625. The molecule has 5 heteroatoms. The number of hydrogen-bond acceptors (Lipinski definition) is 1. The van der Waals surface area contributed by atoms with Gasteiger partial charge in [0.1, 0.15) is 0 Å². The smallest absolute Gasteiger partial charge is 0.248 e. The van der Waals surface area contributed by atoms with Gasteiger partial charge in [-0.3, -0.25) is 0 Å². The van der Waals surface area contributed by atoms with E-state index in [1.54, 1.807) is 18.2 Å². The molecule has 1 aliphatic carbocycles. The van der Waals surface area contributed by atoms with Crippen molar-refractivity contribution in [3.05, 3.63) is 28.2 Å². The van der Waals surface area contributed by atoms with Crippen LogP contribution in [-0.2, 0) is 0 Å². The van der Waals surface area contributed by atoms with E-state index in [1.807, 2.05) is 0 Å². The van der Waals surface area contributed by atoms with Crippen LogP contribution in [-0.4, -0.2) is 12.5 Å². The van der Waals surface area contributed by atoms with E-state index in [-0.39, 0.29) is 18.8 Å². The van der Waals surface area contributed by atoms with E-state index in [1.165, 1.54) is 0 Å². The van der Waals surface area contributed by atoms with Crippen LogP contribution in [0.15, 0.2) is 18.2 Å². The maximum atomic E-state index is 13.0. The summed E-state index contributed by atoms with van der Waals surface area (Å²) in [7, 11) is 0. The van der Waals surface area contributed by atoms with Crippen LogP contribution >= 0.6 is 23.2 Å². The van der Waals surface area contributed by atoms with Gasteiger partial charge in [0.05, 0.1) is 10.7 Å². The molecule has 94 valence electrons. The summed E-state index contributed by atoms with van der Waals surface area (Å²) in [6.45, 7) is 0.525. The molecule has 0 heterocycles. The van der Waals surface area contributed by atoms with Crippen molar-refractivity contribution in [1.82, 2.24) is 0 Å². The third kappa shape index (κ3) is 3.46. The third-order valence-corrected chi connectivity index (χ3v) is 3.57. The van der Waals surface area contributed by atoms with Gasteiger partial charge >= 0.3 is 0 Å². The molecule has 0 aromatic heterocycles. The largest absolute Gasteiger partial charge is 0.384 e. The Kier molecular flexibility index (Phi) is 3.79. The maximum Gasteiger partial charge on any atom is 0.248 e. The van der Waals surface area contributed by atoms with Crippen molar-refractivity contribution in [3.8, 4) is 0 Å². The average Bonchev–Trinajstić information content (AvgIpc) is 2.57. The molecule has 1 N–H and O–H groups in total. The Morgan fingerprint density at radius 2 is 2.12 bits per heavy atom. The standard InChI is InChI=1S/C12H13Cl2F2N/c13-9-1-2-11(10(14)5-9)17-7-8-3-4-12(15,16)6-8/h1-2,5,8,17H,3-4,6-7H2. The van der Waals surface area contributed by atoms with Gasteiger partial charge in [-0.05, 0) is 30.5 Å². The average molecular weight is 280 g/mol. The molecule has 0 spiro atoms. The molecule has 0 saturated heterocycles. The topological polar surface area (TPSA) is 12.0 Å². The van der Waals surface area contributed by atoms with E-state index in [2.05, 4.69) is 5.32 Å². The fourth-order valence-corrected chi connectivity index (χ4v) is 2.58. The second-order valence-electron chi connectivity index (χ2n) is 4.47.